The summed E-state index contributed by atoms with van der Waals surface area (Å²) in [7, 11) is -3.85. The van der Waals surface area contributed by atoms with Gasteiger partial charge in [-0.1, -0.05) is 12.1 Å². The molecule has 1 aliphatic rings. The maximum absolute atomic E-state index is 13.0. The predicted molar refractivity (Wildman–Crippen MR) is 144 cm³/mol. The normalized spacial score (nSPS) is 14.1. The first-order chi connectivity index (χ1) is 17.7. The molecule has 2 N–H and O–H groups in total. The Bertz CT molecular complexity index is 1560. The van der Waals surface area contributed by atoms with Gasteiger partial charge in [0.2, 0.25) is 0 Å². The monoisotopic (exact) mass is 517 g/mol. The van der Waals surface area contributed by atoms with Crippen LogP contribution >= 0.6 is 0 Å². The van der Waals surface area contributed by atoms with Crippen molar-refractivity contribution in [3.8, 4) is 0 Å². The number of pyridine rings is 2. The van der Waals surface area contributed by atoms with Gasteiger partial charge in [-0.05, 0) is 73.5 Å². The van der Waals surface area contributed by atoms with Crippen molar-refractivity contribution < 1.29 is 18.3 Å². The molecule has 0 saturated carbocycles. The summed E-state index contributed by atoms with van der Waals surface area (Å²) < 4.78 is 28.6. The minimum Gasteiger partial charge on any atom is -0.478 e. The lowest BCUT2D eigenvalue weighted by atomic mass is 10.1. The number of carboxylic acids is 1. The molecule has 5 rings (SSSR count). The van der Waals surface area contributed by atoms with Crippen LogP contribution in [-0.2, 0) is 10.0 Å². The molecule has 1 aliphatic heterocycles. The molecule has 1 fully saturated rings. The zero-order valence-corrected chi connectivity index (χ0v) is 21.4. The third kappa shape index (κ3) is 5.19. The van der Waals surface area contributed by atoms with Crippen LogP contribution in [0.3, 0.4) is 0 Å². The Balaban J connectivity index is 1.42. The van der Waals surface area contributed by atoms with Crippen LogP contribution in [0.2, 0.25) is 0 Å². The summed E-state index contributed by atoms with van der Waals surface area (Å²) in [6, 6.07) is 17.2. The number of sulfonamides is 1. The molecule has 2 aromatic carbocycles. The Morgan fingerprint density at radius 1 is 0.892 bits per heavy atom. The topological polar surface area (TPSA) is 116 Å². The van der Waals surface area contributed by atoms with Gasteiger partial charge in [0.1, 0.15) is 11.6 Å². The Kier molecular flexibility index (Phi) is 6.43. The molecule has 0 aliphatic carbocycles. The molecule has 37 heavy (non-hydrogen) atoms. The molecule has 4 aromatic rings. The second-order valence-electron chi connectivity index (χ2n) is 9.16. The van der Waals surface area contributed by atoms with Crippen LogP contribution in [0, 0.1) is 13.8 Å². The maximum Gasteiger partial charge on any atom is 0.336 e. The van der Waals surface area contributed by atoms with Gasteiger partial charge in [-0.2, -0.15) is 0 Å². The fraction of sp³-hybridized carbons (Fsp3) is 0.222. The molecule has 2 aromatic heterocycles. The lowest BCUT2D eigenvalue weighted by molar-refractivity contribution is 0.0699. The molecule has 0 spiro atoms. The number of anilines is 3. The smallest absolute Gasteiger partial charge is 0.336 e. The molecule has 0 bridgehead atoms. The second kappa shape index (κ2) is 9.70. The van der Waals surface area contributed by atoms with Gasteiger partial charge in [0.05, 0.1) is 16.0 Å². The zero-order chi connectivity index (χ0) is 26.2. The summed E-state index contributed by atoms with van der Waals surface area (Å²) in [6.07, 6.45) is 1.77. The van der Waals surface area contributed by atoms with E-state index in [4.69, 9.17) is 4.98 Å². The minimum atomic E-state index is -3.85. The van der Waals surface area contributed by atoms with Crippen LogP contribution in [0.15, 0.2) is 71.8 Å². The number of hydrogen-bond acceptors (Lipinski definition) is 7. The quantitative estimate of drug-likeness (QED) is 0.393. The molecule has 0 radical (unpaired) electrons. The van der Waals surface area contributed by atoms with Crippen molar-refractivity contribution in [1.82, 2.24) is 9.97 Å². The summed E-state index contributed by atoms with van der Waals surface area (Å²) in [5.74, 6) is 0.389. The van der Waals surface area contributed by atoms with Crippen molar-refractivity contribution in [2.24, 2.45) is 0 Å². The molecule has 0 atom stereocenters. The van der Waals surface area contributed by atoms with E-state index < -0.39 is 16.0 Å². The van der Waals surface area contributed by atoms with E-state index in [9.17, 15) is 18.3 Å². The average molecular weight is 518 g/mol. The third-order valence-corrected chi connectivity index (χ3v) is 7.72. The minimum absolute atomic E-state index is 0.0691. The number of benzene rings is 2. The average Bonchev–Trinajstić information content (AvgIpc) is 2.88. The van der Waals surface area contributed by atoms with Gasteiger partial charge in [-0.25, -0.2) is 23.2 Å². The van der Waals surface area contributed by atoms with Crippen molar-refractivity contribution >= 4 is 44.2 Å². The molecular formula is C27H27N5O4S. The largest absolute Gasteiger partial charge is 0.478 e. The molecule has 3 heterocycles. The number of piperazine rings is 1. The van der Waals surface area contributed by atoms with E-state index >= 15 is 0 Å². The fourth-order valence-corrected chi connectivity index (χ4v) is 5.86. The fourth-order valence-electron chi connectivity index (χ4n) is 4.62. The first kappa shape index (κ1) is 24.5. The van der Waals surface area contributed by atoms with Crippen molar-refractivity contribution in [3.63, 3.8) is 0 Å². The highest BCUT2D eigenvalue weighted by atomic mass is 32.2. The van der Waals surface area contributed by atoms with Crippen LogP contribution in [0.4, 0.5) is 17.3 Å². The third-order valence-electron chi connectivity index (χ3n) is 6.36. The van der Waals surface area contributed by atoms with Gasteiger partial charge in [0.15, 0.2) is 0 Å². The van der Waals surface area contributed by atoms with Gasteiger partial charge in [0, 0.05) is 43.4 Å². The molecule has 190 valence electrons. The van der Waals surface area contributed by atoms with E-state index in [2.05, 4.69) is 19.5 Å². The van der Waals surface area contributed by atoms with Crippen LogP contribution in [-0.4, -0.2) is 55.6 Å². The number of rotatable bonds is 6. The van der Waals surface area contributed by atoms with Gasteiger partial charge < -0.3 is 14.9 Å². The number of aryl methyl sites for hydroxylation is 2. The highest BCUT2D eigenvalue weighted by Gasteiger charge is 2.22. The lowest BCUT2D eigenvalue weighted by Gasteiger charge is -2.36. The SMILES string of the molecule is Cc1cc(C)cc(S(=O)(=O)Nc2ccc3nc(N4CCN(c5ccccn5)CC4)cc(C(=O)O)c3c2)c1. The number of fused-ring (bicyclic) bond motifs is 1. The predicted octanol–water partition coefficient (Wildman–Crippen LogP) is 4.07. The number of aromatic carboxylic acids is 1. The second-order valence-corrected chi connectivity index (χ2v) is 10.8. The van der Waals surface area contributed by atoms with Gasteiger partial charge in [-0.15, -0.1) is 0 Å². The summed E-state index contributed by atoms with van der Waals surface area (Å²) in [5, 5.41) is 10.3. The number of carboxylic acid groups (broad SMARTS) is 1. The summed E-state index contributed by atoms with van der Waals surface area (Å²) in [6.45, 7) is 6.48. The molecule has 0 unspecified atom stereocenters. The number of hydrogen-bond donors (Lipinski definition) is 2. The zero-order valence-electron chi connectivity index (χ0n) is 20.5. The van der Waals surface area contributed by atoms with Gasteiger partial charge in [0.25, 0.3) is 10.0 Å². The summed E-state index contributed by atoms with van der Waals surface area (Å²) in [4.78, 5) is 25.7. The van der Waals surface area contributed by atoms with E-state index in [1.54, 1.807) is 36.5 Å². The van der Waals surface area contributed by atoms with Crippen LogP contribution in [0.1, 0.15) is 21.5 Å². The van der Waals surface area contributed by atoms with Crippen molar-refractivity contribution in [2.45, 2.75) is 18.7 Å². The molecule has 9 nitrogen and oxygen atoms in total. The Morgan fingerprint density at radius 3 is 2.19 bits per heavy atom. The molecular weight excluding hydrogens is 490 g/mol. The Labute approximate surface area is 215 Å². The van der Waals surface area contributed by atoms with Crippen molar-refractivity contribution in [2.75, 3.05) is 40.7 Å². The van der Waals surface area contributed by atoms with Crippen molar-refractivity contribution in [3.05, 3.63) is 83.6 Å². The lowest BCUT2D eigenvalue weighted by Crippen LogP contribution is -2.47. The van der Waals surface area contributed by atoms with E-state index in [-0.39, 0.29) is 16.1 Å². The van der Waals surface area contributed by atoms with Crippen molar-refractivity contribution in [1.29, 1.82) is 0 Å². The summed E-state index contributed by atoms with van der Waals surface area (Å²) >= 11 is 0. The highest BCUT2D eigenvalue weighted by Crippen LogP contribution is 2.28. The Morgan fingerprint density at radius 2 is 1.57 bits per heavy atom. The van der Waals surface area contributed by atoms with Gasteiger partial charge >= 0.3 is 5.97 Å². The van der Waals surface area contributed by atoms with E-state index in [1.165, 1.54) is 6.07 Å². The number of carbonyl (C=O) groups is 1. The highest BCUT2D eigenvalue weighted by molar-refractivity contribution is 7.92. The number of aromatic nitrogens is 2. The summed E-state index contributed by atoms with van der Waals surface area (Å²) in [5.41, 5.74) is 2.50. The van der Waals surface area contributed by atoms with Crippen LogP contribution in [0.25, 0.3) is 10.9 Å². The standard InChI is InChI=1S/C27H27N5O4S/c1-18-13-19(2)15-21(14-18)37(35,36)30-20-6-7-24-22(16-20)23(27(33)34)17-26(29-24)32-11-9-31(10-12-32)25-5-3-4-8-28-25/h3-8,13-17,30H,9-12H2,1-2H3,(H,33,34). The molecule has 1 saturated heterocycles. The first-order valence-electron chi connectivity index (χ1n) is 11.9. The van der Waals surface area contributed by atoms with E-state index in [0.29, 0.717) is 29.8 Å². The van der Waals surface area contributed by atoms with Crippen LogP contribution < -0.4 is 14.5 Å². The number of nitrogens with zero attached hydrogens (tertiary/aromatic N) is 4. The first-order valence-corrected chi connectivity index (χ1v) is 13.4. The number of nitrogens with one attached hydrogen (secondary N) is 1. The maximum atomic E-state index is 13.0. The Hall–Kier alpha value is -4.18. The van der Waals surface area contributed by atoms with E-state index in [0.717, 1.165) is 30.0 Å². The van der Waals surface area contributed by atoms with Crippen LogP contribution in [0.5, 0.6) is 0 Å². The molecule has 10 heteroatoms. The molecule has 0 amide bonds. The van der Waals surface area contributed by atoms with Gasteiger partial charge in [-0.3, -0.25) is 4.72 Å². The van der Waals surface area contributed by atoms with E-state index in [1.807, 2.05) is 38.1 Å².